The predicted octanol–water partition coefficient (Wildman–Crippen LogP) is 23.9. The van der Waals surface area contributed by atoms with Crippen LogP contribution < -0.4 is 24.3 Å². The molecule has 1 fully saturated rings. The third-order valence-electron chi connectivity index (χ3n) is 23.9. The lowest BCUT2D eigenvalue weighted by molar-refractivity contribution is -0.133. The summed E-state index contributed by atoms with van der Waals surface area (Å²) in [5.74, 6) is 1.18. The molecule has 17 nitrogen and oxygen atoms in total. The number of hydrogen-bond donors (Lipinski definition) is 0. The number of hydrogen-bond acceptors (Lipinski definition) is 10. The summed E-state index contributed by atoms with van der Waals surface area (Å²) in [5, 5.41) is 0. The Morgan fingerprint density at radius 2 is 0.657 bits per heavy atom. The summed E-state index contributed by atoms with van der Waals surface area (Å²) < 4.78 is 5.64. The molecular formula is C117H141N9O8. The Balaban J connectivity index is 0.000000145. The topological polar surface area (TPSA) is 177 Å². The number of pyridine rings is 2. The van der Waals surface area contributed by atoms with Crippen molar-refractivity contribution < 1.29 is 38.3 Å². The minimum absolute atomic E-state index is 0.000413. The van der Waals surface area contributed by atoms with E-state index in [1.54, 1.807) is 29.2 Å². The van der Waals surface area contributed by atoms with Gasteiger partial charge in [0.1, 0.15) is 18.9 Å². The molecule has 11 aromatic rings. The molecular weight excluding hydrogens is 1660 g/mol. The van der Waals surface area contributed by atoms with Gasteiger partial charge < -0.3 is 39.0 Å². The highest BCUT2D eigenvalue weighted by atomic mass is 16.5. The Labute approximate surface area is 797 Å². The number of rotatable bonds is 12. The Morgan fingerprint density at radius 1 is 0.306 bits per heavy atom. The number of anilines is 4. The maximum atomic E-state index is 13.0. The molecule has 1 saturated heterocycles. The molecule has 6 aliphatic heterocycles. The summed E-state index contributed by atoms with van der Waals surface area (Å²) in [4.78, 5) is 110. The molecule has 0 radical (unpaired) electrons. The van der Waals surface area contributed by atoms with E-state index in [1.807, 2.05) is 201 Å². The zero-order chi connectivity index (χ0) is 96.5. The maximum Gasteiger partial charge on any atom is 0.258 e. The molecule has 17 rings (SSSR count). The van der Waals surface area contributed by atoms with Crippen molar-refractivity contribution in [2.45, 2.75) is 208 Å². The number of benzene rings is 9. The van der Waals surface area contributed by atoms with Crippen molar-refractivity contribution in [2.24, 2.45) is 32.5 Å². The Bertz CT molecular complexity index is 5630. The second kappa shape index (κ2) is 44.0. The van der Waals surface area contributed by atoms with Gasteiger partial charge in [-0.05, 0) is 268 Å². The SMILES string of the molecule is CC(C)(C)Cc1cccc(C(=O)N2CCCc3cnccc32)c1.CC(C)(C)Cc1cccc(C(=O)N2CCCc3ncccc32)c1.CC(C)(C)Cc1cccc(C(=O)N2CCOc3ccccc32)c1.CC(C)(C)Cc1cccc(C(=O)N2CCc3ccccc32)c1.CC(C)(C)Cc1cccc(C(=O)N2Cc3ccccc3C2)c1.CN1CCN(C(=O)c2cccc(CC(C)(C)C)c2)CC1=O. The van der Waals surface area contributed by atoms with E-state index in [2.05, 4.69) is 201 Å². The monoisotopic (exact) mass is 1800 g/mol. The van der Waals surface area contributed by atoms with Gasteiger partial charge in [0.2, 0.25) is 5.91 Å². The molecule has 6 aliphatic rings. The Kier molecular flexibility index (Phi) is 33.0. The fraction of sp³-hybridized carbons (Fsp3) is 0.393. The fourth-order valence-corrected chi connectivity index (χ4v) is 18.1. The average molecular weight is 1800 g/mol. The minimum atomic E-state index is -0.0489. The molecule has 0 aliphatic carbocycles. The van der Waals surface area contributed by atoms with Crippen molar-refractivity contribution in [3.05, 3.63) is 350 Å². The van der Waals surface area contributed by atoms with Gasteiger partial charge in [-0.25, -0.2) is 0 Å². The highest BCUT2D eigenvalue weighted by molar-refractivity contribution is 6.10. The van der Waals surface area contributed by atoms with E-state index in [4.69, 9.17) is 4.74 Å². The molecule has 8 heterocycles. The van der Waals surface area contributed by atoms with Gasteiger partial charge in [0.25, 0.3) is 35.4 Å². The van der Waals surface area contributed by atoms with Gasteiger partial charge >= 0.3 is 0 Å². The quantitative estimate of drug-likeness (QED) is 0.114. The highest BCUT2D eigenvalue weighted by Crippen LogP contribution is 2.37. The summed E-state index contributed by atoms with van der Waals surface area (Å²) in [6, 6.07) is 78.1. The summed E-state index contributed by atoms with van der Waals surface area (Å²) >= 11 is 0. The molecule has 0 bridgehead atoms. The molecule has 17 heteroatoms. The van der Waals surface area contributed by atoms with Gasteiger partial charge in [0, 0.05) is 111 Å². The van der Waals surface area contributed by atoms with Gasteiger partial charge in [0.05, 0.1) is 29.3 Å². The van der Waals surface area contributed by atoms with E-state index in [0.717, 1.165) is 176 Å². The lowest BCUT2D eigenvalue weighted by Gasteiger charge is -2.32. The molecule has 0 saturated carbocycles. The molecule has 702 valence electrons. The summed E-state index contributed by atoms with van der Waals surface area (Å²) in [6.45, 7) is 46.1. The maximum absolute atomic E-state index is 13.0. The molecule has 0 unspecified atom stereocenters. The number of fused-ring (bicyclic) bond motifs is 5. The predicted molar refractivity (Wildman–Crippen MR) is 545 cm³/mol. The van der Waals surface area contributed by atoms with Gasteiger partial charge in [-0.3, -0.25) is 43.5 Å². The molecule has 134 heavy (non-hydrogen) atoms. The van der Waals surface area contributed by atoms with Crippen LogP contribution in [-0.2, 0) is 75.7 Å². The van der Waals surface area contributed by atoms with Crippen LogP contribution in [-0.4, -0.2) is 125 Å². The first-order chi connectivity index (χ1) is 63.4. The molecule has 0 atom stereocenters. The van der Waals surface area contributed by atoms with Crippen LogP contribution in [0.3, 0.4) is 0 Å². The molecule has 0 spiro atoms. The van der Waals surface area contributed by atoms with Crippen LogP contribution in [0.1, 0.15) is 261 Å². The van der Waals surface area contributed by atoms with E-state index >= 15 is 0 Å². The van der Waals surface area contributed by atoms with Crippen LogP contribution in [0.4, 0.5) is 22.7 Å². The average Bonchev–Trinajstić information content (AvgIpc) is 0.915. The summed E-state index contributed by atoms with van der Waals surface area (Å²) in [5.41, 5.74) is 22.9. The van der Waals surface area contributed by atoms with Crippen molar-refractivity contribution >= 4 is 64.1 Å². The first kappa shape index (κ1) is 100. The van der Waals surface area contributed by atoms with Crippen molar-refractivity contribution in [2.75, 3.05) is 79.1 Å². The number of amides is 7. The van der Waals surface area contributed by atoms with Crippen LogP contribution in [0.25, 0.3) is 0 Å². The van der Waals surface area contributed by atoms with Crippen LogP contribution in [0.5, 0.6) is 5.75 Å². The fourth-order valence-electron chi connectivity index (χ4n) is 18.1. The second-order valence-electron chi connectivity index (χ2n) is 43.8. The molecule has 9 aromatic carbocycles. The highest BCUT2D eigenvalue weighted by Gasteiger charge is 2.33. The zero-order valence-corrected chi connectivity index (χ0v) is 82.9. The number of carbonyl (C=O) groups excluding carboxylic acids is 7. The number of likely N-dealkylation sites (N-methyl/N-ethyl adjacent to an activating group) is 1. The van der Waals surface area contributed by atoms with E-state index < -0.39 is 0 Å². The summed E-state index contributed by atoms with van der Waals surface area (Å²) in [6.07, 6.45) is 16.1. The van der Waals surface area contributed by atoms with Crippen LogP contribution in [0.2, 0.25) is 0 Å². The normalized spacial score (nSPS) is 14.6. The molecule has 2 aromatic heterocycles. The number of para-hydroxylation sites is 3. The minimum Gasteiger partial charge on any atom is -0.490 e. The van der Waals surface area contributed by atoms with Crippen LogP contribution >= 0.6 is 0 Å². The van der Waals surface area contributed by atoms with Gasteiger partial charge in [0.15, 0.2) is 0 Å². The number of aromatic nitrogens is 2. The second-order valence-corrected chi connectivity index (χ2v) is 43.8. The Morgan fingerprint density at radius 3 is 1.08 bits per heavy atom. The summed E-state index contributed by atoms with van der Waals surface area (Å²) in [7, 11) is 1.77. The largest absolute Gasteiger partial charge is 0.490 e. The van der Waals surface area contributed by atoms with Gasteiger partial charge in [-0.2, -0.15) is 0 Å². The third kappa shape index (κ3) is 28.9. The first-order valence-corrected chi connectivity index (χ1v) is 47.8. The van der Waals surface area contributed by atoms with Crippen molar-refractivity contribution in [1.82, 2.24) is 24.7 Å². The number of ether oxygens (including phenoxy) is 1. The van der Waals surface area contributed by atoms with Crippen molar-refractivity contribution in [3.8, 4) is 5.75 Å². The van der Waals surface area contributed by atoms with Crippen LogP contribution in [0, 0.1) is 32.5 Å². The van der Waals surface area contributed by atoms with Crippen molar-refractivity contribution in [3.63, 3.8) is 0 Å². The third-order valence-corrected chi connectivity index (χ3v) is 23.9. The standard InChI is InChI=1S/2C20H24N2O.C20H23NO2.2C20H23NO.C17H24N2O2/c1-20(2,3)14-15-7-4-8-16(13-15)19(23)22-12-6-9-17-18(22)10-5-11-21-17;1-20(2,3)13-15-6-4-7-16(12-15)19(23)22-11-5-8-17-14-21-10-9-18(17)22;1-20(2,3)14-15-7-6-8-16(13-15)19(22)21-11-12-23-18-10-5-4-9-17(18)21;1-20(2,3)14-15-7-6-9-17(13-15)19(22)21-12-11-16-8-4-5-10-18(16)21;1-20(2,3)12-15-7-6-10-16(11-15)19(22)21-13-17-8-4-5-9-18(17)14-21;1-17(2,3)11-13-6-5-7-14(10-13)16(21)19-9-8-18(4)15(20)12-19/h4-5,7-8,10-11,13H,6,9,12,14H2,1-3H3;4,6-7,9-10,12,14H,5,8,11,13H2,1-3H3;4-10,13H,11-12,14H2,1-3H3;4-10,13H,11-12,14H2,1-3H3;4-11H,12-14H2,1-3H3;5-7,10H,8-9,11-12H2,1-4H3. The smallest absolute Gasteiger partial charge is 0.258 e. The number of aryl methyl sites for hydroxylation is 2. The van der Waals surface area contributed by atoms with E-state index in [0.29, 0.717) is 31.8 Å². The van der Waals surface area contributed by atoms with E-state index in [1.165, 1.54) is 44.5 Å². The van der Waals surface area contributed by atoms with Gasteiger partial charge in [-0.1, -0.05) is 252 Å². The Hall–Kier alpha value is -12.6. The first-order valence-electron chi connectivity index (χ1n) is 47.8. The molecule has 0 N–H and O–H groups in total. The number of piperazine rings is 1. The molecule has 7 amide bonds. The number of nitrogens with zero attached hydrogens (tertiary/aromatic N) is 9. The van der Waals surface area contributed by atoms with Crippen molar-refractivity contribution in [1.29, 1.82) is 0 Å². The van der Waals surface area contributed by atoms with Gasteiger partial charge in [-0.15, -0.1) is 0 Å². The number of carbonyl (C=O) groups is 7. The zero-order valence-electron chi connectivity index (χ0n) is 82.9. The lowest BCUT2D eigenvalue weighted by atomic mass is 9.87. The van der Waals surface area contributed by atoms with E-state index in [9.17, 15) is 33.6 Å². The lowest BCUT2D eigenvalue weighted by Crippen LogP contribution is -2.50. The van der Waals surface area contributed by atoms with E-state index in [-0.39, 0.29) is 80.4 Å². The van der Waals surface area contributed by atoms with Crippen LogP contribution in [0.15, 0.2) is 255 Å².